The molecule has 1 aromatic carbocycles. The summed E-state index contributed by atoms with van der Waals surface area (Å²) in [5.41, 5.74) is 1.43. The molecule has 0 saturated heterocycles. The Hall–Kier alpha value is -1.61. The second kappa shape index (κ2) is 3.19. The van der Waals surface area contributed by atoms with Crippen molar-refractivity contribution in [3.63, 3.8) is 0 Å². The third-order valence-corrected chi connectivity index (χ3v) is 3.21. The van der Waals surface area contributed by atoms with E-state index < -0.39 is 5.60 Å². The third kappa shape index (κ3) is 1.36. The van der Waals surface area contributed by atoms with Crippen LogP contribution in [0.1, 0.15) is 18.4 Å². The van der Waals surface area contributed by atoms with Crippen molar-refractivity contribution in [2.45, 2.75) is 18.4 Å². The molecule has 0 radical (unpaired) electrons. The van der Waals surface area contributed by atoms with Crippen LogP contribution in [0.25, 0.3) is 11.4 Å². The van der Waals surface area contributed by atoms with Crippen molar-refractivity contribution in [1.29, 1.82) is 0 Å². The van der Waals surface area contributed by atoms with Gasteiger partial charge < -0.3 is 9.67 Å². The number of aliphatic hydroxyl groups is 1. The van der Waals surface area contributed by atoms with Crippen LogP contribution >= 0.6 is 0 Å². The second-order valence-electron chi connectivity index (χ2n) is 4.44. The number of aryl methyl sites for hydroxylation is 1. The molecule has 1 saturated carbocycles. The molecule has 1 aliphatic rings. The smallest absolute Gasteiger partial charge is 0.140 e. The number of rotatable bonds is 2. The van der Waals surface area contributed by atoms with E-state index in [4.69, 9.17) is 0 Å². The SMILES string of the molecule is Cn1ccnc1-c1ccccc1C1(O)CC1. The lowest BCUT2D eigenvalue weighted by Crippen LogP contribution is -2.07. The Bertz CT molecular complexity index is 526. The summed E-state index contributed by atoms with van der Waals surface area (Å²) in [7, 11) is 1.97. The van der Waals surface area contributed by atoms with Gasteiger partial charge in [-0.05, 0) is 18.4 Å². The molecule has 1 aliphatic carbocycles. The standard InChI is InChI=1S/C13H14N2O/c1-15-9-8-14-12(15)10-4-2-3-5-11(10)13(16)6-7-13/h2-5,8-9,16H,6-7H2,1H3. The van der Waals surface area contributed by atoms with Crippen LogP contribution in [0.2, 0.25) is 0 Å². The summed E-state index contributed by atoms with van der Waals surface area (Å²) < 4.78 is 1.98. The molecule has 1 aromatic heterocycles. The van der Waals surface area contributed by atoms with Gasteiger partial charge in [0.2, 0.25) is 0 Å². The Morgan fingerprint density at radius 1 is 1.31 bits per heavy atom. The van der Waals surface area contributed by atoms with Gasteiger partial charge in [0.25, 0.3) is 0 Å². The summed E-state index contributed by atoms with van der Waals surface area (Å²) in [6.45, 7) is 0. The first-order chi connectivity index (χ1) is 7.71. The molecule has 82 valence electrons. The second-order valence-corrected chi connectivity index (χ2v) is 4.44. The summed E-state index contributed by atoms with van der Waals surface area (Å²) in [5.74, 6) is 0.913. The number of nitrogens with zero attached hydrogens (tertiary/aromatic N) is 2. The Labute approximate surface area is 94.4 Å². The van der Waals surface area contributed by atoms with E-state index in [1.54, 1.807) is 6.20 Å². The molecule has 0 aliphatic heterocycles. The van der Waals surface area contributed by atoms with Crippen molar-refractivity contribution >= 4 is 0 Å². The molecule has 3 heteroatoms. The summed E-state index contributed by atoms with van der Waals surface area (Å²) >= 11 is 0. The zero-order valence-corrected chi connectivity index (χ0v) is 9.22. The number of aromatic nitrogens is 2. The Kier molecular flexibility index (Phi) is 1.91. The molecule has 1 heterocycles. The molecule has 1 N–H and O–H groups in total. The average molecular weight is 214 g/mol. The van der Waals surface area contributed by atoms with E-state index in [1.807, 2.05) is 42.1 Å². The lowest BCUT2D eigenvalue weighted by Gasteiger charge is -2.13. The van der Waals surface area contributed by atoms with Crippen LogP contribution in [0.3, 0.4) is 0 Å². The lowest BCUT2D eigenvalue weighted by molar-refractivity contribution is 0.152. The molecule has 0 amide bonds. The van der Waals surface area contributed by atoms with Gasteiger partial charge in [-0.1, -0.05) is 24.3 Å². The first kappa shape index (κ1) is 9.60. The van der Waals surface area contributed by atoms with Crippen LogP contribution in [0.5, 0.6) is 0 Å². The van der Waals surface area contributed by atoms with Gasteiger partial charge in [-0.2, -0.15) is 0 Å². The predicted octanol–water partition coefficient (Wildman–Crippen LogP) is 2.07. The van der Waals surface area contributed by atoms with Crippen molar-refractivity contribution in [2.75, 3.05) is 0 Å². The van der Waals surface area contributed by atoms with Crippen LogP contribution < -0.4 is 0 Å². The van der Waals surface area contributed by atoms with E-state index in [0.29, 0.717) is 0 Å². The van der Waals surface area contributed by atoms with Crippen molar-refractivity contribution < 1.29 is 5.11 Å². The maximum absolute atomic E-state index is 10.2. The topological polar surface area (TPSA) is 38.0 Å². The Balaban J connectivity index is 2.18. The van der Waals surface area contributed by atoms with E-state index in [1.165, 1.54) is 0 Å². The molecule has 16 heavy (non-hydrogen) atoms. The van der Waals surface area contributed by atoms with Gasteiger partial charge in [0.05, 0.1) is 5.60 Å². The van der Waals surface area contributed by atoms with Crippen LogP contribution in [-0.4, -0.2) is 14.7 Å². The van der Waals surface area contributed by atoms with Crippen LogP contribution in [0, 0.1) is 0 Å². The summed E-state index contributed by atoms with van der Waals surface area (Å²) in [4.78, 5) is 4.34. The van der Waals surface area contributed by atoms with Crippen LogP contribution in [0.15, 0.2) is 36.7 Å². The normalized spacial score (nSPS) is 17.4. The quantitative estimate of drug-likeness (QED) is 0.831. The number of benzene rings is 1. The highest BCUT2D eigenvalue weighted by Crippen LogP contribution is 2.48. The molecule has 0 atom stereocenters. The maximum Gasteiger partial charge on any atom is 0.140 e. The van der Waals surface area contributed by atoms with E-state index in [0.717, 1.165) is 29.8 Å². The summed E-state index contributed by atoms with van der Waals surface area (Å²) in [6.07, 6.45) is 5.41. The van der Waals surface area contributed by atoms with Gasteiger partial charge in [0, 0.05) is 25.0 Å². The van der Waals surface area contributed by atoms with Gasteiger partial charge in [-0.15, -0.1) is 0 Å². The molecular weight excluding hydrogens is 200 g/mol. The number of imidazole rings is 1. The molecule has 3 rings (SSSR count). The molecule has 2 aromatic rings. The van der Waals surface area contributed by atoms with Gasteiger partial charge in [-0.25, -0.2) is 4.98 Å². The Morgan fingerprint density at radius 2 is 2.06 bits per heavy atom. The highest BCUT2D eigenvalue weighted by Gasteiger charge is 2.43. The fraction of sp³-hybridized carbons (Fsp3) is 0.308. The van der Waals surface area contributed by atoms with Crippen molar-refractivity contribution in [3.8, 4) is 11.4 Å². The monoisotopic (exact) mass is 214 g/mol. The Morgan fingerprint density at radius 3 is 2.69 bits per heavy atom. The van der Waals surface area contributed by atoms with Gasteiger partial charge in [0.15, 0.2) is 0 Å². The van der Waals surface area contributed by atoms with Gasteiger partial charge >= 0.3 is 0 Å². The predicted molar refractivity (Wildman–Crippen MR) is 61.8 cm³/mol. The number of hydrogen-bond donors (Lipinski definition) is 1. The number of hydrogen-bond acceptors (Lipinski definition) is 2. The molecule has 0 spiro atoms. The molecule has 0 bridgehead atoms. The van der Waals surface area contributed by atoms with Crippen LogP contribution in [0.4, 0.5) is 0 Å². The van der Waals surface area contributed by atoms with E-state index >= 15 is 0 Å². The molecule has 3 nitrogen and oxygen atoms in total. The minimum Gasteiger partial charge on any atom is -0.385 e. The zero-order valence-electron chi connectivity index (χ0n) is 9.22. The third-order valence-electron chi connectivity index (χ3n) is 3.21. The minimum absolute atomic E-state index is 0.609. The van der Waals surface area contributed by atoms with Gasteiger partial charge in [0.1, 0.15) is 5.82 Å². The van der Waals surface area contributed by atoms with E-state index in [9.17, 15) is 5.11 Å². The fourth-order valence-electron chi connectivity index (χ4n) is 2.10. The summed E-state index contributed by atoms with van der Waals surface area (Å²) in [5, 5.41) is 10.2. The average Bonchev–Trinajstić information content (AvgIpc) is 2.89. The lowest BCUT2D eigenvalue weighted by atomic mass is 10.0. The largest absolute Gasteiger partial charge is 0.385 e. The van der Waals surface area contributed by atoms with Crippen molar-refractivity contribution in [1.82, 2.24) is 9.55 Å². The van der Waals surface area contributed by atoms with E-state index in [2.05, 4.69) is 4.98 Å². The molecule has 1 fully saturated rings. The van der Waals surface area contributed by atoms with Gasteiger partial charge in [-0.3, -0.25) is 0 Å². The highest BCUT2D eigenvalue weighted by atomic mass is 16.3. The minimum atomic E-state index is -0.609. The fourth-order valence-corrected chi connectivity index (χ4v) is 2.10. The molecular formula is C13H14N2O. The van der Waals surface area contributed by atoms with Crippen LogP contribution in [-0.2, 0) is 12.6 Å². The first-order valence-corrected chi connectivity index (χ1v) is 5.50. The maximum atomic E-state index is 10.2. The first-order valence-electron chi connectivity index (χ1n) is 5.50. The molecule has 0 unspecified atom stereocenters. The van der Waals surface area contributed by atoms with Crippen molar-refractivity contribution in [2.24, 2.45) is 7.05 Å². The zero-order chi connectivity index (χ0) is 11.2. The van der Waals surface area contributed by atoms with Crippen molar-refractivity contribution in [3.05, 3.63) is 42.2 Å². The highest BCUT2D eigenvalue weighted by molar-refractivity contribution is 5.63. The summed E-state index contributed by atoms with van der Waals surface area (Å²) in [6, 6.07) is 7.97. The van der Waals surface area contributed by atoms with E-state index in [-0.39, 0.29) is 0 Å².